The fourth-order valence-electron chi connectivity index (χ4n) is 1.77. The summed E-state index contributed by atoms with van der Waals surface area (Å²) in [4.78, 5) is 0.0421. The summed E-state index contributed by atoms with van der Waals surface area (Å²) < 4.78 is 39.4. The molecule has 0 aliphatic heterocycles. The third-order valence-electron chi connectivity index (χ3n) is 2.91. The smallest absolute Gasteiger partial charge is 0.243 e. The molecule has 0 radical (unpaired) electrons. The number of nitrogens with one attached hydrogen (secondary N) is 1. The molecule has 0 aliphatic rings. The van der Waals surface area contributed by atoms with E-state index in [1.165, 1.54) is 23.5 Å². The van der Waals surface area contributed by atoms with Crippen molar-refractivity contribution in [2.75, 3.05) is 20.6 Å². The zero-order valence-corrected chi connectivity index (χ0v) is 12.4. The average molecular weight is 288 g/mol. The minimum absolute atomic E-state index is 0.0421. The van der Waals surface area contributed by atoms with Crippen LogP contribution < -0.4 is 5.32 Å². The van der Waals surface area contributed by atoms with E-state index >= 15 is 0 Å². The van der Waals surface area contributed by atoms with E-state index in [-0.39, 0.29) is 4.90 Å². The van der Waals surface area contributed by atoms with Gasteiger partial charge in [0.1, 0.15) is 5.82 Å². The van der Waals surface area contributed by atoms with Crippen molar-refractivity contribution < 1.29 is 12.8 Å². The second kappa shape index (κ2) is 6.98. The van der Waals surface area contributed by atoms with Crippen molar-refractivity contribution in [1.82, 2.24) is 9.62 Å². The Morgan fingerprint density at radius 3 is 2.63 bits per heavy atom. The molecule has 0 aliphatic carbocycles. The van der Waals surface area contributed by atoms with E-state index in [1.54, 1.807) is 7.05 Å². The first-order chi connectivity index (χ1) is 8.93. The Kier molecular flexibility index (Phi) is 5.90. The molecule has 0 fully saturated rings. The van der Waals surface area contributed by atoms with E-state index in [0.717, 1.165) is 18.9 Å². The molecule has 0 saturated heterocycles. The lowest BCUT2D eigenvalue weighted by Crippen LogP contribution is -2.29. The lowest BCUT2D eigenvalue weighted by Gasteiger charge is -2.19. The minimum atomic E-state index is -3.63. The maximum Gasteiger partial charge on any atom is 0.243 e. The van der Waals surface area contributed by atoms with Crippen molar-refractivity contribution in [2.24, 2.45) is 0 Å². The zero-order chi connectivity index (χ0) is 14.5. The van der Waals surface area contributed by atoms with Crippen LogP contribution in [0.15, 0.2) is 23.1 Å². The van der Waals surface area contributed by atoms with Crippen LogP contribution in [0.3, 0.4) is 0 Å². The normalized spacial score (nSPS) is 12.1. The van der Waals surface area contributed by atoms with E-state index < -0.39 is 15.8 Å². The number of sulfonamides is 1. The van der Waals surface area contributed by atoms with Crippen molar-refractivity contribution in [3.63, 3.8) is 0 Å². The number of hydrogen-bond acceptors (Lipinski definition) is 3. The predicted molar refractivity (Wildman–Crippen MR) is 73.9 cm³/mol. The molecule has 6 heteroatoms. The maximum absolute atomic E-state index is 13.3. The third-order valence-corrected chi connectivity index (χ3v) is 4.85. The number of halogens is 1. The Balaban J connectivity index is 3.15. The number of benzene rings is 1. The van der Waals surface area contributed by atoms with E-state index in [1.807, 2.05) is 6.92 Å². The van der Waals surface area contributed by atoms with Gasteiger partial charge < -0.3 is 5.32 Å². The van der Waals surface area contributed by atoms with Crippen LogP contribution in [0.5, 0.6) is 0 Å². The van der Waals surface area contributed by atoms with Gasteiger partial charge in [-0.25, -0.2) is 17.1 Å². The van der Waals surface area contributed by atoms with E-state index in [0.29, 0.717) is 18.7 Å². The fourth-order valence-corrected chi connectivity index (χ4v) is 3.21. The van der Waals surface area contributed by atoms with Crippen molar-refractivity contribution in [3.8, 4) is 0 Å². The monoisotopic (exact) mass is 288 g/mol. The topological polar surface area (TPSA) is 49.4 Å². The van der Waals surface area contributed by atoms with Crippen LogP contribution >= 0.6 is 0 Å². The van der Waals surface area contributed by atoms with Gasteiger partial charge in [-0.05, 0) is 31.2 Å². The molecule has 0 unspecified atom stereocenters. The molecule has 0 amide bonds. The summed E-state index contributed by atoms with van der Waals surface area (Å²) in [6.45, 7) is 2.82. The van der Waals surface area contributed by atoms with Crippen LogP contribution in [0.1, 0.15) is 25.3 Å². The molecule has 19 heavy (non-hydrogen) atoms. The first-order valence-electron chi connectivity index (χ1n) is 6.32. The molecule has 1 aromatic rings. The molecular weight excluding hydrogens is 267 g/mol. The van der Waals surface area contributed by atoms with Gasteiger partial charge in [0.25, 0.3) is 0 Å². The zero-order valence-electron chi connectivity index (χ0n) is 11.6. The summed E-state index contributed by atoms with van der Waals surface area (Å²) in [7, 11) is -0.384. The highest BCUT2D eigenvalue weighted by Crippen LogP contribution is 2.21. The summed E-state index contributed by atoms with van der Waals surface area (Å²) >= 11 is 0. The maximum atomic E-state index is 13.3. The highest BCUT2D eigenvalue weighted by molar-refractivity contribution is 7.89. The van der Waals surface area contributed by atoms with Crippen molar-refractivity contribution >= 4 is 10.0 Å². The SMILES string of the molecule is CCCCN(C)S(=O)(=O)c1cc(F)ccc1CNC. The first-order valence-corrected chi connectivity index (χ1v) is 7.76. The Labute approximate surface area is 114 Å². The van der Waals surface area contributed by atoms with Gasteiger partial charge in [0.15, 0.2) is 0 Å². The van der Waals surface area contributed by atoms with Gasteiger partial charge in [-0.15, -0.1) is 0 Å². The van der Waals surface area contributed by atoms with Gasteiger partial charge in [-0.3, -0.25) is 0 Å². The summed E-state index contributed by atoms with van der Waals surface area (Å²) in [5.74, 6) is -0.540. The highest BCUT2D eigenvalue weighted by Gasteiger charge is 2.23. The minimum Gasteiger partial charge on any atom is -0.316 e. The van der Waals surface area contributed by atoms with Crippen LogP contribution in [-0.4, -0.2) is 33.4 Å². The molecule has 1 N–H and O–H groups in total. The molecule has 0 atom stereocenters. The summed E-state index contributed by atoms with van der Waals surface area (Å²) in [6.07, 6.45) is 1.69. The molecule has 1 aromatic carbocycles. The molecular formula is C13H21FN2O2S. The van der Waals surface area contributed by atoms with Gasteiger partial charge in [-0.2, -0.15) is 0 Å². The fraction of sp³-hybridized carbons (Fsp3) is 0.538. The molecule has 0 bridgehead atoms. The lowest BCUT2D eigenvalue weighted by molar-refractivity contribution is 0.457. The quantitative estimate of drug-likeness (QED) is 0.834. The van der Waals surface area contributed by atoms with E-state index in [9.17, 15) is 12.8 Å². The van der Waals surface area contributed by atoms with E-state index in [2.05, 4.69) is 5.32 Å². The summed E-state index contributed by atoms with van der Waals surface area (Å²) in [5, 5.41) is 2.89. The van der Waals surface area contributed by atoms with Gasteiger partial charge >= 0.3 is 0 Å². The summed E-state index contributed by atoms with van der Waals surface area (Å²) in [5.41, 5.74) is 0.576. The summed E-state index contributed by atoms with van der Waals surface area (Å²) in [6, 6.07) is 3.87. The van der Waals surface area contributed by atoms with Crippen molar-refractivity contribution in [1.29, 1.82) is 0 Å². The Morgan fingerprint density at radius 1 is 1.37 bits per heavy atom. The highest BCUT2D eigenvalue weighted by atomic mass is 32.2. The first kappa shape index (κ1) is 16.1. The van der Waals surface area contributed by atoms with Crippen molar-refractivity contribution in [3.05, 3.63) is 29.6 Å². The van der Waals surface area contributed by atoms with E-state index in [4.69, 9.17) is 0 Å². The molecule has 0 saturated carbocycles. The largest absolute Gasteiger partial charge is 0.316 e. The Hall–Kier alpha value is -0.980. The standard InChI is InChI=1S/C13H21FN2O2S/c1-4-5-8-16(3)19(17,18)13-9-12(14)7-6-11(13)10-15-2/h6-7,9,15H,4-5,8,10H2,1-3H3. The predicted octanol–water partition coefficient (Wildman–Crippen LogP) is 1.97. The number of hydrogen-bond donors (Lipinski definition) is 1. The van der Waals surface area contributed by atoms with Gasteiger partial charge in [0.2, 0.25) is 10.0 Å². The second-order valence-corrected chi connectivity index (χ2v) is 6.48. The van der Waals surface area contributed by atoms with Crippen LogP contribution in [0.25, 0.3) is 0 Å². The van der Waals surface area contributed by atoms with Crippen LogP contribution in [0, 0.1) is 5.82 Å². The van der Waals surface area contributed by atoms with Gasteiger partial charge in [0.05, 0.1) is 4.90 Å². The Morgan fingerprint density at radius 2 is 2.05 bits per heavy atom. The average Bonchev–Trinajstić information content (AvgIpc) is 2.38. The van der Waals surface area contributed by atoms with Gasteiger partial charge in [0, 0.05) is 20.1 Å². The second-order valence-electron chi connectivity index (χ2n) is 4.46. The van der Waals surface area contributed by atoms with Crippen LogP contribution in [-0.2, 0) is 16.6 Å². The number of nitrogens with zero attached hydrogens (tertiary/aromatic N) is 1. The van der Waals surface area contributed by atoms with Crippen LogP contribution in [0.2, 0.25) is 0 Å². The Bertz CT molecular complexity index is 517. The molecule has 1 rings (SSSR count). The number of unbranched alkanes of at least 4 members (excludes halogenated alkanes) is 1. The van der Waals surface area contributed by atoms with Crippen LogP contribution in [0.4, 0.5) is 4.39 Å². The van der Waals surface area contributed by atoms with Gasteiger partial charge in [-0.1, -0.05) is 19.4 Å². The molecule has 0 spiro atoms. The molecule has 0 aromatic heterocycles. The molecule has 0 heterocycles. The lowest BCUT2D eigenvalue weighted by atomic mass is 10.2. The number of rotatable bonds is 7. The van der Waals surface area contributed by atoms with Crippen molar-refractivity contribution in [2.45, 2.75) is 31.2 Å². The third kappa shape index (κ3) is 3.99. The molecule has 108 valence electrons. The molecule has 4 nitrogen and oxygen atoms in total.